The van der Waals surface area contributed by atoms with E-state index in [0.29, 0.717) is 5.75 Å². The molecule has 0 spiro atoms. The zero-order chi connectivity index (χ0) is 13.3. The van der Waals surface area contributed by atoms with E-state index < -0.39 is 5.41 Å². The predicted molar refractivity (Wildman–Crippen MR) is 70.2 cm³/mol. The second-order valence-corrected chi connectivity index (χ2v) is 6.39. The third kappa shape index (κ3) is 3.58. The van der Waals surface area contributed by atoms with Crippen molar-refractivity contribution in [1.82, 2.24) is 0 Å². The Morgan fingerprint density at radius 1 is 1.00 bits per heavy atom. The van der Waals surface area contributed by atoms with Gasteiger partial charge in [-0.1, -0.05) is 39.0 Å². The average Bonchev–Trinajstić information content (AvgIpc) is 2.15. The maximum atomic E-state index is 11.9. The van der Waals surface area contributed by atoms with Crippen molar-refractivity contribution in [2.45, 2.75) is 47.0 Å². The summed E-state index contributed by atoms with van der Waals surface area (Å²) in [5.74, 6) is 0.467. The molecule has 1 aromatic rings. The third-order valence-corrected chi connectivity index (χ3v) is 2.51. The molecule has 0 aliphatic heterocycles. The summed E-state index contributed by atoms with van der Waals surface area (Å²) in [6.45, 7) is 11.9. The first-order chi connectivity index (χ1) is 7.62. The topological polar surface area (TPSA) is 26.3 Å². The lowest BCUT2D eigenvalue weighted by atomic mass is 9.86. The van der Waals surface area contributed by atoms with Crippen LogP contribution in [0, 0.1) is 5.41 Å². The highest BCUT2D eigenvalue weighted by Crippen LogP contribution is 2.32. The summed E-state index contributed by atoms with van der Waals surface area (Å²) in [4.78, 5) is 11.9. The molecule has 1 aromatic carbocycles. The maximum Gasteiger partial charge on any atom is 0.316 e. The van der Waals surface area contributed by atoms with Gasteiger partial charge in [0.1, 0.15) is 5.75 Å². The smallest absolute Gasteiger partial charge is 0.316 e. The van der Waals surface area contributed by atoms with E-state index in [-0.39, 0.29) is 11.4 Å². The molecular formula is C15H22O2. The summed E-state index contributed by atoms with van der Waals surface area (Å²) in [7, 11) is 0. The molecule has 0 atom stereocenters. The van der Waals surface area contributed by atoms with Crippen molar-refractivity contribution in [3.8, 4) is 5.75 Å². The Kier molecular flexibility index (Phi) is 3.65. The van der Waals surface area contributed by atoms with Crippen molar-refractivity contribution in [3.05, 3.63) is 29.8 Å². The van der Waals surface area contributed by atoms with Gasteiger partial charge in [0.05, 0.1) is 5.41 Å². The Bertz CT molecular complexity index is 406. The van der Waals surface area contributed by atoms with E-state index in [2.05, 4.69) is 20.8 Å². The molecule has 17 heavy (non-hydrogen) atoms. The quantitative estimate of drug-likeness (QED) is 0.543. The van der Waals surface area contributed by atoms with Crippen LogP contribution in [-0.2, 0) is 10.2 Å². The van der Waals surface area contributed by atoms with Gasteiger partial charge in [0.15, 0.2) is 0 Å². The summed E-state index contributed by atoms with van der Waals surface area (Å²) < 4.78 is 5.50. The van der Waals surface area contributed by atoms with E-state index in [0.717, 1.165) is 5.56 Å². The van der Waals surface area contributed by atoms with Gasteiger partial charge in [-0.25, -0.2) is 0 Å². The van der Waals surface area contributed by atoms with Gasteiger partial charge in [0.2, 0.25) is 0 Å². The van der Waals surface area contributed by atoms with Crippen LogP contribution in [-0.4, -0.2) is 5.97 Å². The molecule has 0 unspecified atom stereocenters. The van der Waals surface area contributed by atoms with E-state index in [9.17, 15) is 4.79 Å². The molecule has 1 rings (SSSR count). The molecule has 0 N–H and O–H groups in total. The summed E-state index contributed by atoms with van der Waals surface area (Å²) in [5.41, 5.74) is 0.539. The van der Waals surface area contributed by atoms with Gasteiger partial charge < -0.3 is 4.74 Å². The average molecular weight is 234 g/mol. The summed E-state index contributed by atoms with van der Waals surface area (Å²) in [5, 5.41) is 0. The van der Waals surface area contributed by atoms with Crippen LogP contribution in [0.1, 0.15) is 47.1 Å². The molecule has 0 heterocycles. The summed E-state index contributed by atoms with van der Waals surface area (Å²) >= 11 is 0. The largest absolute Gasteiger partial charge is 0.426 e. The van der Waals surface area contributed by atoms with E-state index in [1.54, 1.807) is 0 Å². The SMILES string of the molecule is CC(C)(C)C(=O)Oc1ccccc1C(C)(C)C. The number of carbonyl (C=O) groups is 1. The number of esters is 1. The van der Waals surface area contributed by atoms with E-state index in [1.165, 1.54) is 0 Å². The Balaban J connectivity index is 3.04. The monoisotopic (exact) mass is 234 g/mol. The molecule has 0 bridgehead atoms. The number of para-hydroxylation sites is 1. The van der Waals surface area contributed by atoms with Gasteiger partial charge in [-0.3, -0.25) is 4.79 Å². The van der Waals surface area contributed by atoms with Crippen molar-refractivity contribution >= 4 is 5.97 Å². The van der Waals surface area contributed by atoms with Gasteiger partial charge in [0, 0.05) is 5.56 Å². The molecule has 2 nitrogen and oxygen atoms in total. The van der Waals surface area contributed by atoms with E-state index >= 15 is 0 Å². The van der Waals surface area contributed by atoms with Crippen molar-refractivity contribution in [3.63, 3.8) is 0 Å². The fourth-order valence-corrected chi connectivity index (χ4v) is 1.43. The van der Waals surface area contributed by atoms with Crippen LogP contribution in [0.2, 0.25) is 0 Å². The van der Waals surface area contributed by atoms with Crippen LogP contribution in [0.5, 0.6) is 5.75 Å². The fraction of sp³-hybridized carbons (Fsp3) is 0.533. The number of carbonyl (C=O) groups excluding carboxylic acids is 1. The van der Waals surface area contributed by atoms with Crippen LogP contribution in [0.25, 0.3) is 0 Å². The van der Waals surface area contributed by atoms with Crippen LogP contribution in [0.4, 0.5) is 0 Å². The van der Waals surface area contributed by atoms with Crippen LogP contribution < -0.4 is 4.74 Å². The normalized spacial score (nSPS) is 12.4. The second-order valence-electron chi connectivity index (χ2n) is 6.39. The van der Waals surface area contributed by atoms with Crippen molar-refractivity contribution in [1.29, 1.82) is 0 Å². The van der Waals surface area contributed by atoms with Crippen molar-refractivity contribution < 1.29 is 9.53 Å². The first-order valence-electron chi connectivity index (χ1n) is 5.94. The number of hydrogen-bond donors (Lipinski definition) is 0. The Labute approximate surface area is 104 Å². The zero-order valence-electron chi connectivity index (χ0n) is 11.6. The molecule has 0 saturated carbocycles. The minimum absolute atomic E-state index is 0.0330. The van der Waals surface area contributed by atoms with Crippen LogP contribution >= 0.6 is 0 Å². The Morgan fingerprint density at radius 3 is 2.00 bits per heavy atom. The van der Waals surface area contributed by atoms with E-state index in [4.69, 9.17) is 4.74 Å². The van der Waals surface area contributed by atoms with Gasteiger partial charge in [-0.15, -0.1) is 0 Å². The van der Waals surface area contributed by atoms with E-state index in [1.807, 2.05) is 45.0 Å². The van der Waals surface area contributed by atoms with Crippen LogP contribution in [0.15, 0.2) is 24.3 Å². The molecule has 94 valence electrons. The maximum absolute atomic E-state index is 11.9. The molecule has 0 aromatic heterocycles. The molecule has 0 saturated heterocycles. The highest BCUT2D eigenvalue weighted by Gasteiger charge is 2.26. The summed E-state index contributed by atoms with van der Waals surface area (Å²) in [6.07, 6.45) is 0. The van der Waals surface area contributed by atoms with Gasteiger partial charge in [0.25, 0.3) is 0 Å². The highest BCUT2D eigenvalue weighted by atomic mass is 16.5. The van der Waals surface area contributed by atoms with Gasteiger partial charge >= 0.3 is 5.97 Å². The highest BCUT2D eigenvalue weighted by molar-refractivity contribution is 5.78. The standard InChI is InChI=1S/C15H22O2/c1-14(2,3)11-9-7-8-10-12(11)17-13(16)15(4,5)6/h7-10H,1-6H3. The molecule has 0 aliphatic carbocycles. The lowest BCUT2D eigenvalue weighted by molar-refractivity contribution is -0.143. The zero-order valence-corrected chi connectivity index (χ0v) is 11.6. The molecule has 0 amide bonds. The molecule has 0 aliphatic rings. The summed E-state index contributed by atoms with van der Waals surface area (Å²) in [6, 6.07) is 7.71. The van der Waals surface area contributed by atoms with Gasteiger partial charge in [-0.05, 0) is 32.3 Å². The minimum Gasteiger partial charge on any atom is -0.426 e. The Morgan fingerprint density at radius 2 is 1.53 bits per heavy atom. The lowest BCUT2D eigenvalue weighted by Gasteiger charge is -2.24. The molecule has 2 heteroatoms. The fourth-order valence-electron chi connectivity index (χ4n) is 1.43. The van der Waals surface area contributed by atoms with Crippen LogP contribution in [0.3, 0.4) is 0 Å². The number of rotatable bonds is 1. The second kappa shape index (κ2) is 4.52. The first kappa shape index (κ1) is 13.8. The minimum atomic E-state index is -0.481. The third-order valence-electron chi connectivity index (χ3n) is 2.51. The molecular weight excluding hydrogens is 212 g/mol. The molecule has 0 fully saturated rings. The Hall–Kier alpha value is -1.31. The number of hydrogen-bond acceptors (Lipinski definition) is 2. The number of benzene rings is 1. The lowest BCUT2D eigenvalue weighted by Crippen LogP contribution is -2.27. The number of ether oxygens (including phenoxy) is 1. The predicted octanol–water partition coefficient (Wildman–Crippen LogP) is 3.94. The van der Waals surface area contributed by atoms with Crippen molar-refractivity contribution in [2.75, 3.05) is 0 Å². The van der Waals surface area contributed by atoms with Gasteiger partial charge in [-0.2, -0.15) is 0 Å². The first-order valence-corrected chi connectivity index (χ1v) is 5.94. The molecule has 0 radical (unpaired) electrons. The van der Waals surface area contributed by atoms with Crippen molar-refractivity contribution in [2.24, 2.45) is 5.41 Å².